The molecule has 1 fully saturated rings. The average Bonchev–Trinajstić information content (AvgIpc) is 2.94. The lowest BCUT2D eigenvalue weighted by atomic mass is 10.1. The van der Waals surface area contributed by atoms with Gasteiger partial charge in [0.25, 0.3) is 0 Å². The van der Waals surface area contributed by atoms with Crippen molar-refractivity contribution in [1.29, 1.82) is 0 Å². The van der Waals surface area contributed by atoms with Crippen LogP contribution in [0.25, 0.3) is 0 Å². The second kappa shape index (κ2) is 9.55. The molecule has 1 atom stereocenters. The Labute approximate surface area is 137 Å². The van der Waals surface area contributed by atoms with Gasteiger partial charge in [0.05, 0.1) is 17.2 Å². The highest BCUT2D eigenvalue weighted by atomic mass is 35.5. The van der Waals surface area contributed by atoms with Crippen LogP contribution in [0.1, 0.15) is 41.3 Å². The van der Waals surface area contributed by atoms with E-state index in [1.807, 2.05) is 13.8 Å². The van der Waals surface area contributed by atoms with Crippen LogP contribution in [0.5, 0.6) is 0 Å². The maximum absolute atomic E-state index is 11.7. The van der Waals surface area contributed by atoms with Crippen molar-refractivity contribution in [2.75, 3.05) is 6.54 Å². The van der Waals surface area contributed by atoms with E-state index in [4.69, 9.17) is 0 Å². The molecule has 2 N–H and O–H groups in total. The molecular formula is C13H23Cl2N3OS. The molecule has 0 spiro atoms. The molecule has 1 unspecified atom stereocenters. The number of nitrogens with zero attached hydrogens (tertiary/aromatic N) is 1. The summed E-state index contributed by atoms with van der Waals surface area (Å²) in [6.45, 7) is 5.71. The van der Waals surface area contributed by atoms with Gasteiger partial charge in [0.1, 0.15) is 0 Å². The molecule has 116 valence electrons. The highest BCUT2D eigenvalue weighted by Crippen LogP contribution is 2.16. The molecular weight excluding hydrogens is 317 g/mol. The largest absolute Gasteiger partial charge is 0.351 e. The molecule has 1 saturated heterocycles. The van der Waals surface area contributed by atoms with Crippen molar-refractivity contribution in [2.45, 2.75) is 52.1 Å². The zero-order valence-corrected chi connectivity index (χ0v) is 14.3. The maximum atomic E-state index is 11.7. The Morgan fingerprint density at radius 1 is 1.45 bits per heavy atom. The molecule has 0 aliphatic carbocycles. The van der Waals surface area contributed by atoms with Crippen molar-refractivity contribution in [3.63, 3.8) is 0 Å². The van der Waals surface area contributed by atoms with Crippen LogP contribution < -0.4 is 10.6 Å². The number of amides is 1. The first-order chi connectivity index (χ1) is 8.65. The Balaban J connectivity index is 0.00000180. The highest BCUT2D eigenvalue weighted by molar-refractivity contribution is 7.11. The predicted octanol–water partition coefficient (Wildman–Crippen LogP) is 2.75. The van der Waals surface area contributed by atoms with E-state index in [9.17, 15) is 4.79 Å². The third kappa shape index (κ3) is 5.95. The number of rotatable bonds is 5. The lowest BCUT2D eigenvalue weighted by Gasteiger charge is -2.09. The highest BCUT2D eigenvalue weighted by Gasteiger charge is 2.15. The topological polar surface area (TPSA) is 54.0 Å². The number of halogens is 2. The summed E-state index contributed by atoms with van der Waals surface area (Å²) in [5, 5.41) is 7.45. The second-order valence-corrected chi connectivity index (χ2v) is 6.14. The fraction of sp³-hybridized carbons (Fsp3) is 0.692. The molecule has 1 amide bonds. The third-order valence-corrected chi connectivity index (χ3v) is 4.40. The van der Waals surface area contributed by atoms with Gasteiger partial charge in [-0.1, -0.05) is 0 Å². The number of hydrogen-bond donors (Lipinski definition) is 2. The summed E-state index contributed by atoms with van der Waals surface area (Å²) in [6, 6.07) is 0.545. The molecule has 20 heavy (non-hydrogen) atoms. The summed E-state index contributed by atoms with van der Waals surface area (Å²) in [6.07, 6.45) is 4.02. The maximum Gasteiger partial charge on any atom is 0.220 e. The minimum absolute atomic E-state index is 0. The van der Waals surface area contributed by atoms with Crippen molar-refractivity contribution in [3.05, 3.63) is 15.6 Å². The average molecular weight is 340 g/mol. The van der Waals surface area contributed by atoms with Crippen molar-refractivity contribution in [1.82, 2.24) is 15.6 Å². The molecule has 0 radical (unpaired) electrons. The van der Waals surface area contributed by atoms with Crippen molar-refractivity contribution in [3.8, 4) is 0 Å². The molecule has 7 heteroatoms. The Morgan fingerprint density at radius 3 is 2.75 bits per heavy atom. The van der Waals surface area contributed by atoms with Crippen LogP contribution in [0.15, 0.2) is 0 Å². The monoisotopic (exact) mass is 339 g/mol. The Bertz CT molecular complexity index is 420. The zero-order chi connectivity index (χ0) is 13.0. The molecule has 2 rings (SSSR count). The molecule has 1 aliphatic rings. The molecule has 1 aromatic rings. The van der Waals surface area contributed by atoms with Gasteiger partial charge in [-0.2, -0.15) is 0 Å². The van der Waals surface area contributed by atoms with Crippen LogP contribution in [0.3, 0.4) is 0 Å². The summed E-state index contributed by atoms with van der Waals surface area (Å²) < 4.78 is 0. The lowest BCUT2D eigenvalue weighted by Crippen LogP contribution is -2.27. The van der Waals surface area contributed by atoms with Gasteiger partial charge >= 0.3 is 0 Å². The summed E-state index contributed by atoms with van der Waals surface area (Å²) in [5.74, 6) is 0.147. The van der Waals surface area contributed by atoms with Gasteiger partial charge in [-0.3, -0.25) is 4.79 Å². The van der Waals surface area contributed by atoms with Gasteiger partial charge in [0, 0.05) is 17.3 Å². The fourth-order valence-corrected chi connectivity index (χ4v) is 3.19. The minimum atomic E-state index is 0. The number of aryl methyl sites for hydroxylation is 2. The van der Waals surface area contributed by atoms with E-state index >= 15 is 0 Å². The van der Waals surface area contributed by atoms with Gasteiger partial charge in [-0.15, -0.1) is 36.2 Å². The van der Waals surface area contributed by atoms with Crippen LogP contribution in [0.2, 0.25) is 0 Å². The molecule has 2 heterocycles. The Kier molecular flexibility index (Phi) is 9.38. The summed E-state index contributed by atoms with van der Waals surface area (Å²) in [4.78, 5) is 17.3. The number of carbonyl (C=O) groups excluding carboxylic acids is 1. The van der Waals surface area contributed by atoms with Gasteiger partial charge < -0.3 is 10.6 Å². The van der Waals surface area contributed by atoms with Gasteiger partial charge in [0.15, 0.2) is 0 Å². The SMILES string of the molecule is Cc1nc(C)c(CNC(=O)CCC2CCCN2)s1.Cl.Cl. The lowest BCUT2D eigenvalue weighted by molar-refractivity contribution is -0.121. The summed E-state index contributed by atoms with van der Waals surface area (Å²) >= 11 is 1.66. The first kappa shape index (κ1) is 19.6. The van der Waals surface area contributed by atoms with Crippen LogP contribution >= 0.6 is 36.2 Å². The minimum Gasteiger partial charge on any atom is -0.351 e. The predicted molar refractivity (Wildman–Crippen MR) is 88.2 cm³/mol. The second-order valence-electron chi connectivity index (χ2n) is 4.85. The summed E-state index contributed by atoms with van der Waals surface area (Å²) in [7, 11) is 0. The number of carbonyl (C=O) groups is 1. The van der Waals surface area contributed by atoms with Crippen LogP contribution in [0, 0.1) is 13.8 Å². The van der Waals surface area contributed by atoms with Crippen molar-refractivity contribution < 1.29 is 4.79 Å². The van der Waals surface area contributed by atoms with Gasteiger partial charge in [0.2, 0.25) is 5.91 Å². The van der Waals surface area contributed by atoms with Crippen LogP contribution in [-0.4, -0.2) is 23.5 Å². The van der Waals surface area contributed by atoms with E-state index in [0.29, 0.717) is 19.0 Å². The molecule has 1 aromatic heterocycles. The van der Waals surface area contributed by atoms with Gasteiger partial charge in [-0.05, 0) is 39.7 Å². The first-order valence-electron chi connectivity index (χ1n) is 6.58. The first-order valence-corrected chi connectivity index (χ1v) is 7.40. The van der Waals surface area contributed by atoms with E-state index in [0.717, 1.165) is 23.7 Å². The molecule has 0 saturated carbocycles. The van der Waals surface area contributed by atoms with E-state index < -0.39 is 0 Å². The Morgan fingerprint density at radius 2 is 2.20 bits per heavy atom. The van der Waals surface area contributed by atoms with E-state index in [1.165, 1.54) is 17.7 Å². The zero-order valence-electron chi connectivity index (χ0n) is 11.9. The molecule has 0 aromatic carbocycles. The third-order valence-electron chi connectivity index (χ3n) is 3.33. The van der Waals surface area contributed by atoms with E-state index in [2.05, 4.69) is 15.6 Å². The molecule has 1 aliphatic heterocycles. The van der Waals surface area contributed by atoms with Crippen molar-refractivity contribution in [2.24, 2.45) is 0 Å². The van der Waals surface area contributed by atoms with E-state index in [1.54, 1.807) is 11.3 Å². The molecule has 4 nitrogen and oxygen atoms in total. The summed E-state index contributed by atoms with van der Waals surface area (Å²) in [5.41, 5.74) is 1.04. The Hall–Kier alpha value is -0.360. The number of aromatic nitrogens is 1. The standard InChI is InChI=1S/C13H21N3OS.2ClH/c1-9-12(18-10(2)16-9)8-15-13(17)6-5-11-4-3-7-14-11;;/h11,14H,3-8H2,1-2H3,(H,15,17);2*1H. The van der Waals surface area contributed by atoms with Crippen molar-refractivity contribution >= 4 is 42.1 Å². The van der Waals surface area contributed by atoms with Crippen LogP contribution in [0.4, 0.5) is 0 Å². The molecule has 0 bridgehead atoms. The number of nitrogens with one attached hydrogen (secondary N) is 2. The van der Waals surface area contributed by atoms with E-state index in [-0.39, 0.29) is 30.7 Å². The van der Waals surface area contributed by atoms with Crippen LogP contribution in [-0.2, 0) is 11.3 Å². The smallest absolute Gasteiger partial charge is 0.220 e. The normalized spacial score (nSPS) is 17.2. The fourth-order valence-electron chi connectivity index (χ4n) is 2.31. The number of hydrogen-bond acceptors (Lipinski definition) is 4. The number of thiazole rings is 1. The quantitative estimate of drug-likeness (QED) is 0.867. The van der Waals surface area contributed by atoms with Gasteiger partial charge in [-0.25, -0.2) is 4.98 Å².